The molecule has 0 saturated heterocycles. The summed E-state index contributed by atoms with van der Waals surface area (Å²) < 4.78 is 45.0. The van der Waals surface area contributed by atoms with Crippen LogP contribution in [0, 0.1) is 6.92 Å². The van der Waals surface area contributed by atoms with Crippen LogP contribution in [0.4, 0.5) is 23.7 Å². The van der Waals surface area contributed by atoms with E-state index in [1.54, 1.807) is 6.07 Å². The first-order valence-corrected chi connectivity index (χ1v) is 9.73. The number of rotatable bonds is 4. The minimum Gasteiger partial charge on any atom is -0.452 e. The highest BCUT2D eigenvalue weighted by Gasteiger charge is 2.36. The Morgan fingerprint density at radius 1 is 1.09 bits per heavy atom. The maximum atomic E-state index is 13.3. The zero-order valence-corrected chi connectivity index (χ0v) is 18.3. The van der Waals surface area contributed by atoms with Crippen molar-refractivity contribution in [2.75, 3.05) is 12.4 Å². The average Bonchev–Trinajstić information content (AvgIpc) is 3.25. The van der Waals surface area contributed by atoms with Gasteiger partial charge in [-0.3, -0.25) is 15.0 Å². The van der Waals surface area contributed by atoms with Gasteiger partial charge in [0.25, 0.3) is 11.8 Å². The summed E-state index contributed by atoms with van der Waals surface area (Å²) in [5.74, 6) is -1.91. The Labute approximate surface area is 195 Å². The van der Waals surface area contributed by atoms with E-state index in [-0.39, 0.29) is 22.1 Å². The Kier molecular flexibility index (Phi) is 7.05. The number of hydrogen-bond donors (Lipinski definition) is 3. The van der Waals surface area contributed by atoms with Crippen molar-refractivity contribution in [2.24, 2.45) is 0 Å². The molecule has 0 spiro atoms. The summed E-state index contributed by atoms with van der Waals surface area (Å²) in [7, 11) is 1.08. The summed E-state index contributed by atoms with van der Waals surface area (Å²) in [6, 6.07) is 7.62. The van der Waals surface area contributed by atoms with Crippen LogP contribution >= 0.6 is 11.6 Å². The molecule has 2 heterocycles. The lowest BCUT2D eigenvalue weighted by atomic mass is 10.1. The number of nitrogens with zero attached hydrogens (tertiary/aromatic N) is 3. The number of carbonyl (C=O) groups is 3. The number of aryl methyl sites for hydroxylation is 1. The maximum Gasteiger partial charge on any atom is 0.435 e. The van der Waals surface area contributed by atoms with E-state index in [0.29, 0.717) is 11.6 Å². The van der Waals surface area contributed by atoms with Crippen LogP contribution in [0.15, 0.2) is 42.6 Å². The molecule has 3 amide bonds. The highest BCUT2D eigenvalue weighted by molar-refractivity contribution is 6.31. The normalized spacial score (nSPS) is 11.0. The standard InChI is InChI=1S/C20H16ClF3N6O4/c1-10-7-11(21)8-12(17(31)27-28-19(33)34-2)16(10)26-18(32)13-9-14(20(22,23)24)29-30(13)15-5-3-4-6-25-15/h3-9H,1-2H3,(H,26,32)(H,27,31)(H,28,33). The van der Waals surface area contributed by atoms with Crippen molar-refractivity contribution in [3.8, 4) is 5.82 Å². The molecule has 3 N–H and O–H groups in total. The van der Waals surface area contributed by atoms with Gasteiger partial charge in [0.2, 0.25) is 0 Å². The first-order valence-electron chi connectivity index (χ1n) is 9.35. The molecule has 0 radical (unpaired) electrons. The molecule has 178 valence electrons. The number of aromatic nitrogens is 3. The van der Waals surface area contributed by atoms with Gasteiger partial charge in [-0.25, -0.2) is 19.9 Å². The topological polar surface area (TPSA) is 127 Å². The van der Waals surface area contributed by atoms with Gasteiger partial charge >= 0.3 is 12.3 Å². The van der Waals surface area contributed by atoms with Crippen LogP contribution in [-0.2, 0) is 10.9 Å². The SMILES string of the molecule is COC(=O)NNC(=O)c1cc(Cl)cc(C)c1NC(=O)c1cc(C(F)(F)F)nn1-c1ccccn1. The van der Waals surface area contributed by atoms with Crippen molar-refractivity contribution in [2.45, 2.75) is 13.1 Å². The molecule has 0 atom stereocenters. The molecule has 0 aliphatic carbocycles. The number of anilines is 1. The van der Waals surface area contributed by atoms with Crippen molar-refractivity contribution < 1.29 is 32.3 Å². The lowest BCUT2D eigenvalue weighted by Gasteiger charge is -2.15. The van der Waals surface area contributed by atoms with Crippen LogP contribution < -0.4 is 16.2 Å². The molecule has 0 bridgehead atoms. The summed E-state index contributed by atoms with van der Waals surface area (Å²) >= 11 is 6.02. The number of ether oxygens (including phenoxy) is 1. The van der Waals surface area contributed by atoms with E-state index in [0.717, 1.165) is 11.8 Å². The molecule has 3 aromatic rings. The number of carbonyl (C=O) groups excluding carboxylic acids is 3. The average molecular weight is 497 g/mol. The van der Waals surface area contributed by atoms with Crippen molar-refractivity contribution in [1.82, 2.24) is 25.6 Å². The second-order valence-corrected chi connectivity index (χ2v) is 7.12. The van der Waals surface area contributed by atoms with Gasteiger partial charge in [-0.05, 0) is 36.8 Å². The van der Waals surface area contributed by atoms with Gasteiger partial charge in [0, 0.05) is 17.3 Å². The fraction of sp³-hybridized carbons (Fsp3) is 0.150. The van der Waals surface area contributed by atoms with E-state index in [1.165, 1.54) is 37.4 Å². The Hall–Kier alpha value is -4.13. The van der Waals surface area contributed by atoms with E-state index in [1.807, 2.05) is 5.43 Å². The number of hydrogen-bond acceptors (Lipinski definition) is 6. The van der Waals surface area contributed by atoms with E-state index < -0.39 is 35.5 Å². The lowest BCUT2D eigenvalue weighted by molar-refractivity contribution is -0.141. The molecule has 3 rings (SSSR count). The minimum absolute atomic E-state index is 0.0313. The monoisotopic (exact) mass is 496 g/mol. The Balaban J connectivity index is 2.01. The number of nitrogens with one attached hydrogen (secondary N) is 3. The van der Waals surface area contributed by atoms with Gasteiger partial charge in [0.05, 0.1) is 18.4 Å². The third-order valence-electron chi connectivity index (χ3n) is 4.35. The second kappa shape index (κ2) is 9.79. The predicted octanol–water partition coefficient (Wildman–Crippen LogP) is 3.50. The zero-order valence-electron chi connectivity index (χ0n) is 17.5. The summed E-state index contributed by atoms with van der Waals surface area (Å²) in [5.41, 5.74) is 2.34. The van der Waals surface area contributed by atoms with Gasteiger partial charge in [0.1, 0.15) is 5.69 Å². The lowest BCUT2D eigenvalue weighted by Crippen LogP contribution is -2.41. The van der Waals surface area contributed by atoms with Crippen LogP contribution in [0.3, 0.4) is 0 Å². The van der Waals surface area contributed by atoms with Gasteiger partial charge in [0.15, 0.2) is 11.5 Å². The zero-order chi connectivity index (χ0) is 25.0. The minimum atomic E-state index is -4.82. The second-order valence-electron chi connectivity index (χ2n) is 6.68. The smallest absolute Gasteiger partial charge is 0.435 e. The summed E-state index contributed by atoms with van der Waals surface area (Å²) in [4.78, 5) is 40.8. The van der Waals surface area contributed by atoms with Gasteiger partial charge in [-0.15, -0.1) is 0 Å². The molecule has 0 saturated carbocycles. The van der Waals surface area contributed by atoms with Crippen LogP contribution in [0.2, 0.25) is 5.02 Å². The highest BCUT2D eigenvalue weighted by atomic mass is 35.5. The van der Waals surface area contributed by atoms with Crippen LogP contribution in [-0.4, -0.2) is 39.8 Å². The molecule has 34 heavy (non-hydrogen) atoms. The van der Waals surface area contributed by atoms with Crippen molar-refractivity contribution in [1.29, 1.82) is 0 Å². The maximum absolute atomic E-state index is 13.3. The molecular weight excluding hydrogens is 481 g/mol. The molecule has 0 aliphatic heterocycles. The largest absolute Gasteiger partial charge is 0.452 e. The summed E-state index contributed by atoms with van der Waals surface area (Å²) in [6.45, 7) is 1.52. The van der Waals surface area contributed by atoms with Crippen LogP contribution in [0.1, 0.15) is 32.1 Å². The molecule has 1 aromatic carbocycles. The van der Waals surface area contributed by atoms with E-state index in [4.69, 9.17) is 11.6 Å². The van der Waals surface area contributed by atoms with Crippen LogP contribution in [0.25, 0.3) is 5.82 Å². The molecule has 10 nitrogen and oxygen atoms in total. The number of halogens is 4. The third kappa shape index (κ3) is 5.43. The molecular formula is C20H16ClF3N6O4. The number of alkyl halides is 3. The first kappa shape index (κ1) is 24.5. The van der Waals surface area contributed by atoms with Gasteiger partial charge in [-0.2, -0.15) is 18.3 Å². The quantitative estimate of drug-likeness (QED) is 0.474. The molecule has 0 aliphatic rings. The first-order chi connectivity index (χ1) is 16.0. The van der Waals surface area contributed by atoms with Crippen molar-refractivity contribution in [3.63, 3.8) is 0 Å². The Morgan fingerprint density at radius 2 is 1.82 bits per heavy atom. The Bertz CT molecular complexity index is 1250. The fourth-order valence-corrected chi connectivity index (χ4v) is 3.10. The van der Waals surface area contributed by atoms with E-state index in [9.17, 15) is 27.6 Å². The number of hydrazine groups is 1. The number of methoxy groups -OCH3 is 1. The predicted molar refractivity (Wildman–Crippen MR) is 114 cm³/mol. The third-order valence-corrected chi connectivity index (χ3v) is 4.56. The summed E-state index contributed by atoms with van der Waals surface area (Å²) in [6.07, 6.45) is -4.46. The van der Waals surface area contributed by atoms with Crippen LogP contribution in [0.5, 0.6) is 0 Å². The Morgan fingerprint density at radius 3 is 2.44 bits per heavy atom. The molecule has 2 aromatic heterocycles. The molecule has 14 heteroatoms. The van der Waals surface area contributed by atoms with Gasteiger partial charge in [-0.1, -0.05) is 17.7 Å². The number of benzene rings is 1. The summed E-state index contributed by atoms with van der Waals surface area (Å²) in [5, 5.41) is 6.03. The number of pyridine rings is 1. The van der Waals surface area contributed by atoms with Crippen molar-refractivity contribution >= 4 is 35.2 Å². The van der Waals surface area contributed by atoms with Gasteiger partial charge < -0.3 is 10.1 Å². The number of amides is 3. The van der Waals surface area contributed by atoms with E-state index >= 15 is 0 Å². The van der Waals surface area contributed by atoms with Crippen molar-refractivity contribution in [3.05, 3.63) is 70.1 Å². The molecule has 0 unspecified atom stereocenters. The highest BCUT2D eigenvalue weighted by Crippen LogP contribution is 2.30. The molecule has 0 fully saturated rings. The fourth-order valence-electron chi connectivity index (χ4n) is 2.83. The van der Waals surface area contributed by atoms with E-state index in [2.05, 4.69) is 25.6 Å².